The largest absolute Gasteiger partial charge is 0.496 e. The van der Waals surface area contributed by atoms with Crippen molar-refractivity contribution in [2.75, 3.05) is 19.0 Å². The molecule has 0 heterocycles. The second-order valence-corrected chi connectivity index (χ2v) is 5.29. The zero-order valence-electron chi connectivity index (χ0n) is 12.8. The first kappa shape index (κ1) is 17.7. The number of anilines is 1. The number of benzene rings is 2. The van der Waals surface area contributed by atoms with E-state index in [1.165, 1.54) is 31.4 Å². The van der Waals surface area contributed by atoms with Crippen molar-refractivity contribution in [2.45, 2.75) is 6.42 Å². The Balaban J connectivity index is 1.85. The molecule has 0 aliphatic heterocycles. The molecule has 0 aromatic heterocycles. The molecule has 0 aliphatic rings. The fourth-order valence-electron chi connectivity index (χ4n) is 1.97. The molecule has 2 rings (SSSR count). The molecule has 0 aliphatic carbocycles. The Kier molecular flexibility index (Phi) is 6.14. The molecule has 0 radical (unpaired) electrons. The predicted molar refractivity (Wildman–Crippen MR) is 87.7 cm³/mol. The molecule has 2 aromatic rings. The van der Waals surface area contributed by atoms with Crippen LogP contribution in [0.15, 0.2) is 42.5 Å². The van der Waals surface area contributed by atoms with Gasteiger partial charge in [-0.05, 0) is 42.5 Å². The Morgan fingerprint density at radius 2 is 1.88 bits per heavy atom. The van der Waals surface area contributed by atoms with E-state index >= 15 is 0 Å². The Bertz CT molecular complexity index is 734. The second kappa shape index (κ2) is 8.31. The van der Waals surface area contributed by atoms with Gasteiger partial charge in [0.05, 0.1) is 13.5 Å². The minimum Gasteiger partial charge on any atom is -0.496 e. The van der Waals surface area contributed by atoms with Gasteiger partial charge in [0.1, 0.15) is 11.6 Å². The van der Waals surface area contributed by atoms with Crippen molar-refractivity contribution in [3.63, 3.8) is 0 Å². The maximum absolute atomic E-state index is 12.8. The van der Waals surface area contributed by atoms with Crippen LogP contribution in [0, 0.1) is 5.82 Å². The van der Waals surface area contributed by atoms with Gasteiger partial charge in [0.25, 0.3) is 5.91 Å². The summed E-state index contributed by atoms with van der Waals surface area (Å²) in [6.07, 6.45) is -0.0758. The number of amides is 1. The summed E-state index contributed by atoms with van der Waals surface area (Å²) >= 11 is 5.89. The van der Waals surface area contributed by atoms with Gasteiger partial charge in [-0.3, -0.25) is 9.59 Å². The highest BCUT2D eigenvalue weighted by Crippen LogP contribution is 2.23. The minimum atomic E-state index is -0.593. The number of hydrogen-bond acceptors (Lipinski definition) is 4. The van der Waals surface area contributed by atoms with Crippen LogP contribution in [0.5, 0.6) is 5.75 Å². The third kappa shape index (κ3) is 5.24. The molecule has 24 heavy (non-hydrogen) atoms. The van der Waals surface area contributed by atoms with E-state index in [1.807, 2.05) is 0 Å². The molecule has 0 saturated heterocycles. The number of hydrogen-bond donors (Lipinski definition) is 1. The van der Waals surface area contributed by atoms with Crippen molar-refractivity contribution in [3.8, 4) is 5.75 Å². The van der Waals surface area contributed by atoms with Crippen molar-refractivity contribution in [1.82, 2.24) is 0 Å². The molecule has 126 valence electrons. The van der Waals surface area contributed by atoms with Gasteiger partial charge < -0.3 is 14.8 Å². The average Bonchev–Trinajstić information content (AvgIpc) is 2.55. The molecular formula is C17H15ClFNO4. The van der Waals surface area contributed by atoms with Gasteiger partial charge in [-0.1, -0.05) is 11.6 Å². The molecule has 0 spiro atoms. The number of ether oxygens (including phenoxy) is 2. The maximum atomic E-state index is 12.8. The van der Waals surface area contributed by atoms with Crippen LogP contribution >= 0.6 is 11.6 Å². The van der Waals surface area contributed by atoms with Crippen molar-refractivity contribution < 1.29 is 23.5 Å². The highest BCUT2D eigenvalue weighted by Gasteiger charge is 2.12. The lowest BCUT2D eigenvalue weighted by Gasteiger charge is -2.09. The van der Waals surface area contributed by atoms with Gasteiger partial charge >= 0.3 is 5.97 Å². The molecule has 2 aromatic carbocycles. The Morgan fingerprint density at radius 3 is 2.54 bits per heavy atom. The molecular weight excluding hydrogens is 337 g/mol. The summed E-state index contributed by atoms with van der Waals surface area (Å²) in [6, 6.07) is 10.1. The van der Waals surface area contributed by atoms with Crippen molar-refractivity contribution in [1.29, 1.82) is 0 Å². The molecule has 0 bridgehead atoms. The fraction of sp³-hybridized carbons (Fsp3) is 0.176. The van der Waals surface area contributed by atoms with Gasteiger partial charge in [0.2, 0.25) is 0 Å². The van der Waals surface area contributed by atoms with Gasteiger partial charge in [0, 0.05) is 16.3 Å². The normalized spacial score (nSPS) is 10.1. The van der Waals surface area contributed by atoms with Crippen molar-refractivity contribution in [3.05, 3.63) is 58.9 Å². The summed E-state index contributed by atoms with van der Waals surface area (Å²) in [5, 5.41) is 2.96. The minimum absolute atomic E-state index is 0.0758. The molecule has 1 N–H and O–H groups in total. The number of rotatable bonds is 6. The van der Waals surface area contributed by atoms with Gasteiger partial charge in [-0.2, -0.15) is 0 Å². The molecule has 0 saturated carbocycles. The van der Waals surface area contributed by atoms with Crippen LogP contribution < -0.4 is 10.1 Å². The van der Waals surface area contributed by atoms with Crippen LogP contribution in [0.3, 0.4) is 0 Å². The van der Waals surface area contributed by atoms with Crippen LogP contribution in [0.25, 0.3) is 0 Å². The summed E-state index contributed by atoms with van der Waals surface area (Å²) < 4.78 is 22.8. The standard InChI is InChI=1S/C17H15ClFNO4/c1-23-15-7-2-12(18)8-11(15)9-17(22)24-10-16(21)20-14-5-3-13(19)4-6-14/h2-8H,9-10H2,1H3,(H,20,21). The van der Waals surface area contributed by atoms with E-state index in [1.54, 1.807) is 18.2 Å². The van der Waals surface area contributed by atoms with Gasteiger partial charge in [-0.15, -0.1) is 0 Å². The van der Waals surface area contributed by atoms with Gasteiger partial charge in [-0.25, -0.2) is 4.39 Å². The second-order valence-electron chi connectivity index (χ2n) is 4.85. The SMILES string of the molecule is COc1ccc(Cl)cc1CC(=O)OCC(=O)Nc1ccc(F)cc1. The summed E-state index contributed by atoms with van der Waals surface area (Å²) in [5.74, 6) is -1.01. The quantitative estimate of drug-likeness (QED) is 0.812. The number of nitrogens with one attached hydrogen (secondary N) is 1. The van der Waals surface area contributed by atoms with Crippen molar-refractivity contribution >= 4 is 29.2 Å². The Hall–Kier alpha value is -2.60. The van der Waals surface area contributed by atoms with Crippen LogP contribution in [0.4, 0.5) is 10.1 Å². The van der Waals surface area contributed by atoms with Crippen molar-refractivity contribution in [2.24, 2.45) is 0 Å². The molecule has 0 unspecified atom stereocenters. The van der Waals surface area contributed by atoms with E-state index in [2.05, 4.69) is 5.32 Å². The Morgan fingerprint density at radius 1 is 1.17 bits per heavy atom. The highest BCUT2D eigenvalue weighted by atomic mass is 35.5. The zero-order valence-corrected chi connectivity index (χ0v) is 13.6. The monoisotopic (exact) mass is 351 g/mol. The molecule has 0 atom stereocenters. The van der Waals surface area contributed by atoms with Crippen LogP contribution in [-0.2, 0) is 20.7 Å². The fourth-order valence-corrected chi connectivity index (χ4v) is 2.16. The highest BCUT2D eigenvalue weighted by molar-refractivity contribution is 6.30. The number of esters is 1. The van der Waals surface area contributed by atoms with E-state index in [9.17, 15) is 14.0 Å². The van der Waals surface area contributed by atoms with E-state index in [0.29, 0.717) is 22.0 Å². The molecule has 1 amide bonds. The summed E-state index contributed by atoms with van der Waals surface area (Å²) in [6.45, 7) is -0.445. The maximum Gasteiger partial charge on any atom is 0.310 e. The zero-order chi connectivity index (χ0) is 17.5. The first-order valence-electron chi connectivity index (χ1n) is 7.01. The average molecular weight is 352 g/mol. The van der Waals surface area contributed by atoms with E-state index < -0.39 is 24.3 Å². The molecule has 5 nitrogen and oxygen atoms in total. The van der Waals surface area contributed by atoms with Gasteiger partial charge in [0.15, 0.2) is 6.61 Å². The van der Waals surface area contributed by atoms with E-state index in [-0.39, 0.29) is 6.42 Å². The van der Waals surface area contributed by atoms with Crippen LogP contribution in [0.1, 0.15) is 5.56 Å². The lowest BCUT2D eigenvalue weighted by molar-refractivity contribution is -0.146. The third-order valence-corrected chi connectivity index (χ3v) is 3.30. The number of carbonyl (C=O) groups excluding carboxylic acids is 2. The number of methoxy groups -OCH3 is 1. The first-order chi connectivity index (χ1) is 11.5. The summed E-state index contributed by atoms with van der Waals surface area (Å²) in [5.41, 5.74) is 0.975. The van der Waals surface area contributed by atoms with Crippen LogP contribution in [-0.4, -0.2) is 25.6 Å². The first-order valence-corrected chi connectivity index (χ1v) is 7.39. The lowest BCUT2D eigenvalue weighted by atomic mass is 10.1. The predicted octanol–water partition coefficient (Wildman–Crippen LogP) is 3.21. The molecule has 7 heteroatoms. The van der Waals surface area contributed by atoms with Crippen LogP contribution in [0.2, 0.25) is 5.02 Å². The summed E-state index contributed by atoms with van der Waals surface area (Å²) in [4.78, 5) is 23.5. The number of carbonyl (C=O) groups is 2. The topological polar surface area (TPSA) is 64.6 Å². The van der Waals surface area contributed by atoms with E-state index in [0.717, 1.165) is 0 Å². The smallest absolute Gasteiger partial charge is 0.310 e. The lowest BCUT2D eigenvalue weighted by Crippen LogP contribution is -2.21. The summed E-state index contributed by atoms with van der Waals surface area (Å²) in [7, 11) is 1.48. The third-order valence-electron chi connectivity index (χ3n) is 3.07. The van der Waals surface area contributed by atoms with E-state index in [4.69, 9.17) is 21.1 Å². The number of halogens is 2. The molecule has 0 fully saturated rings. The Labute approximate surface area is 143 Å².